The van der Waals surface area contributed by atoms with Crippen LogP contribution in [-0.4, -0.2) is 36.7 Å². The average molecular weight is 383 g/mol. The fraction of sp³-hybridized carbons (Fsp3) is 0.500. The van der Waals surface area contributed by atoms with E-state index in [4.69, 9.17) is 0 Å². The van der Waals surface area contributed by atoms with E-state index in [1.807, 2.05) is 26.8 Å². The molecule has 2 aromatic rings. The number of aromatic nitrogens is 2. The Bertz CT molecular complexity index is 894. The maximum Gasteiger partial charge on any atom is 0.250 e. The fourth-order valence-corrected chi connectivity index (χ4v) is 5.74. The zero-order valence-corrected chi connectivity index (χ0v) is 16.4. The summed E-state index contributed by atoms with van der Waals surface area (Å²) in [7, 11) is -1.93. The average Bonchev–Trinajstić information content (AvgIpc) is 3.04. The molecule has 0 spiro atoms. The maximum atomic E-state index is 12.8. The van der Waals surface area contributed by atoms with Crippen molar-refractivity contribution in [2.45, 2.75) is 43.9 Å². The Morgan fingerprint density at radius 2 is 2.00 bits per heavy atom. The number of carbonyl (C=O) groups is 1. The van der Waals surface area contributed by atoms with E-state index in [0.29, 0.717) is 18.8 Å². The van der Waals surface area contributed by atoms with Gasteiger partial charge in [-0.15, -0.1) is 11.3 Å². The van der Waals surface area contributed by atoms with Crippen LogP contribution in [0.1, 0.15) is 29.0 Å². The molecule has 0 aliphatic carbocycles. The number of hydrogen-bond donors (Lipinski definition) is 1. The predicted molar refractivity (Wildman–Crippen MR) is 97.4 cm³/mol. The highest BCUT2D eigenvalue weighted by molar-refractivity contribution is 7.91. The summed E-state index contributed by atoms with van der Waals surface area (Å²) >= 11 is 1.22. The number of nitrogens with zero attached hydrogens (tertiary/aromatic N) is 3. The van der Waals surface area contributed by atoms with Gasteiger partial charge in [-0.05, 0) is 45.2 Å². The van der Waals surface area contributed by atoms with E-state index in [2.05, 4.69) is 9.82 Å². The van der Waals surface area contributed by atoms with Crippen molar-refractivity contribution in [2.24, 2.45) is 7.05 Å². The van der Waals surface area contributed by atoms with Crippen molar-refractivity contribution in [3.05, 3.63) is 28.3 Å². The summed E-state index contributed by atoms with van der Waals surface area (Å²) in [5.74, 6) is 0.456. The minimum absolute atomic E-state index is 0.233. The van der Waals surface area contributed by atoms with E-state index >= 15 is 0 Å². The summed E-state index contributed by atoms with van der Waals surface area (Å²) in [6, 6.07) is 2.73. The molecule has 0 radical (unpaired) electrons. The minimum atomic E-state index is -3.71. The Labute approximate surface area is 151 Å². The molecule has 1 atom stereocenters. The second kappa shape index (κ2) is 6.54. The second-order valence-electron chi connectivity index (χ2n) is 6.38. The molecule has 136 valence electrons. The normalized spacial score (nSPS) is 18.8. The monoisotopic (exact) mass is 382 g/mol. The number of hydrogen-bond acceptors (Lipinski definition) is 5. The van der Waals surface area contributed by atoms with Gasteiger partial charge in [-0.2, -0.15) is 9.82 Å². The molecule has 3 heterocycles. The van der Waals surface area contributed by atoms with Crippen LogP contribution in [0.4, 0.5) is 5.82 Å². The molecule has 1 aliphatic heterocycles. The van der Waals surface area contributed by atoms with Gasteiger partial charge in [0.2, 0.25) is 5.91 Å². The SMILES string of the molecule is Cc1cc(N2CCC[C@@H](NS(=O)(=O)c3cc(C)c(C)s3)C2=O)n(C)n1. The van der Waals surface area contributed by atoms with Crippen molar-refractivity contribution in [3.63, 3.8) is 0 Å². The van der Waals surface area contributed by atoms with Gasteiger partial charge >= 0.3 is 0 Å². The number of aryl methyl sites for hydroxylation is 4. The van der Waals surface area contributed by atoms with Crippen LogP contribution < -0.4 is 9.62 Å². The number of carbonyl (C=O) groups excluding carboxylic acids is 1. The summed E-state index contributed by atoms with van der Waals surface area (Å²) in [5, 5.41) is 4.27. The van der Waals surface area contributed by atoms with Gasteiger partial charge in [-0.1, -0.05) is 0 Å². The summed E-state index contributed by atoms with van der Waals surface area (Å²) in [6.45, 7) is 6.19. The number of rotatable bonds is 4. The van der Waals surface area contributed by atoms with E-state index in [1.54, 1.807) is 22.7 Å². The first-order valence-corrected chi connectivity index (χ1v) is 10.4. The minimum Gasteiger partial charge on any atom is -0.296 e. The zero-order valence-electron chi connectivity index (χ0n) is 14.7. The van der Waals surface area contributed by atoms with Crippen LogP contribution in [0.3, 0.4) is 0 Å². The molecule has 3 rings (SSSR count). The van der Waals surface area contributed by atoms with E-state index in [0.717, 1.165) is 22.6 Å². The Morgan fingerprint density at radius 3 is 2.56 bits per heavy atom. The first-order chi connectivity index (χ1) is 11.7. The Kier molecular flexibility index (Phi) is 4.74. The number of sulfonamides is 1. The third kappa shape index (κ3) is 3.49. The van der Waals surface area contributed by atoms with E-state index in [-0.39, 0.29) is 10.1 Å². The lowest BCUT2D eigenvalue weighted by Crippen LogP contribution is -2.52. The molecule has 7 nitrogen and oxygen atoms in total. The third-order valence-electron chi connectivity index (χ3n) is 4.40. The van der Waals surface area contributed by atoms with Crippen molar-refractivity contribution in [1.82, 2.24) is 14.5 Å². The molecule has 25 heavy (non-hydrogen) atoms. The molecule has 9 heteroatoms. The Balaban J connectivity index is 1.83. The summed E-state index contributed by atoms with van der Waals surface area (Å²) in [4.78, 5) is 15.4. The van der Waals surface area contributed by atoms with Crippen molar-refractivity contribution in [3.8, 4) is 0 Å². The van der Waals surface area contributed by atoms with E-state index in [9.17, 15) is 13.2 Å². The molecule has 0 saturated carbocycles. The fourth-order valence-electron chi connectivity index (χ4n) is 2.98. The number of thiophene rings is 1. The van der Waals surface area contributed by atoms with Crippen LogP contribution in [0.25, 0.3) is 0 Å². The van der Waals surface area contributed by atoms with Crippen LogP contribution in [0, 0.1) is 20.8 Å². The first-order valence-electron chi connectivity index (χ1n) is 8.10. The van der Waals surface area contributed by atoms with Gasteiger partial charge in [0.05, 0.1) is 5.69 Å². The maximum absolute atomic E-state index is 12.8. The van der Waals surface area contributed by atoms with Crippen LogP contribution in [0.15, 0.2) is 16.3 Å². The van der Waals surface area contributed by atoms with Gasteiger partial charge in [0.25, 0.3) is 10.0 Å². The smallest absolute Gasteiger partial charge is 0.250 e. The lowest BCUT2D eigenvalue weighted by atomic mass is 10.1. The summed E-state index contributed by atoms with van der Waals surface area (Å²) < 4.78 is 29.8. The van der Waals surface area contributed by atoms with Crippen molar-refractivity contribution >= 4 is 33.1 Å². The largest absolute Gasteiger partial charge is 0.296 e. The highest BCUT2D eigenvalue weighted by Gasteiger charge is 2.34. The Hall–Kier alpha value is -1.71. The van der Waals surface area contributed by atoms with E-state index < -0.39 is 16.1 Å². The van der Waals surface area contributed by atoms with Crippen molar-refractivity contribution in [2.75, 3.05) is 11.4 Å². The molecule has 1 fully saturated rings. The molecular formula is C16H22N4O3S2. The number of piperidine rings is 1. The van der Waals surface area contributed by atoms with Crippen molar-refractivity contribution < 1.29 is 13.2 Å². The van der Waals surface area contributed by atoms with Gasteiger partial charge in [0, 0.05) is 24.5 Å². The zero-order chi connectivity index (χ0) is 18.4. The number of anilines is 1. The highest BCUT2D eigenvalue weighted by atomic mass is 32.2. The molecule has 0 unspecified atom stereocenters. The topological polar surface area (TPSA) is 84.3 Å². The summed E-state index contributed by atoms with van der Waals surface area (Å²) in [6.07, 6.45) is 1.22. The van der Waals surface area contributed by atoms with Crippen molar-refractivity contribution in [1.29, 1.82) is 0 Å². The molecule has 2 aromatic heterocycles. The van der Waals surface area contributed by atoms with Crippen LogP contribution in [0.5, 0.6) is 0 Å². The molecule has 1 amide bonds. The van der Waals surface area contributed by atoms with Crippen LogP contribution >= 0.6 is 11.3 Å². The molecule has 0 bridgehead atoms. The standard InChI is InChI=1S/C16H22N4O3S2/c1-10-8-15(24-12(10)3)25(22,23)18-13-6-5-7-20(16(13)21)14-9-11(2)17-19(14)4/h8-9,13,18H,5-7H2,1-4H3/t13-/m1/s1. The first kappa shape index (κ1) is 18.1. The number of amides is 1. The van der Waals surface area contributed by atoms with Gasteiger partial charge in [-0.25, -0.2) is 8.42 Å². The molecule has 0 aromatic carbocycles. The van der Waals surface area contributed by atoms with Crippen LogP contribution in [0.2, 0.25) is 0 Å². The van der Waals surface area contributed by atoms with Gasteiger partial charge in [-0.3, -0.25) is 14.4 Å². The highest BCUT2D eigenvalue weighted by Crippen LogP contribution is 2.27. The van der Waals surface area contributed by atoms with Gasteiger partial charge in [0.1, 0.15) is 16.1 Å². The molecule has 1 N–H and O–H groups in total. The van der Waals surface area contributed by atoms with Gasteiger partial charge in [0.15, 0.2) is 0 Å². The molecular weight excluding hydrogens is 360 g/mol. The lowest BCUT2D eigenvalue weighted by molar-refractivity contribution is -0.121. The second-order valence-corrected chi connectivity index (χ2v) is 9.58. The quantitative estimate of drug-likeness (QED) is 0.875. The van der Waals surface area contributed by atoms with E-state index in [1.165, 1.54) is 11.3 Å². The Morgan fingerprint density at radius 1 is 1.28 bits per heavy atom. The van der Waals surface area contributed by atoms with Crippen LogP contribution in [-0.2, 0) is 21.9 Å². The summed E-state index contributed by atoms with van der Waals surface area (Å²) in [5.41, 5.74) is 1.75. The third-order valence-corrected chi connectivity index (χ3v) is 7.50. The predicted octanol–water partition coefficient (Wildman–Crippen LogP) is 1.88. The molecule has 1 aliphatic rings. The van der Waals surface area contributed by atoms with Gasteiger partial charge < -0.3 is 0 Å². The molecule has 1 saturated heterocycles. The lowest BCUT2D eigenvalue weighted by Gasteiger charge is -2.32. The number of nitrogens with one attached hydrogen (secondary N) is 1.